The Morgan fingerprint density at radius 3 is 2.54 bits per heavy atom. The molecule has 2 aromatic rings. The maximum Gasteiger partial charge on any atom is 0.261 e. The van der Waals surface area contributed by atoms with Gasteiger partial charge in [0.15, 0.2) is 0 Å². The van der Waals surface area contributed by atoms with Crippen molar-refractivity contribution in [3.8, 4) is 17.2 Å². The fourth-order valence-corrected chi connectivity index (χ4v) is 4.05. The molecule has 1 aliphatic rings. The van der Waals surface area contributed by atoms with E-state index in [1.807, 2.05) is 31.2 Å². The van der Waals surface area contributed by atoms with Crippen molar-refractivity contribution in [3.63, 3.8) is 0 Å². The molecule has 2 heterocycles. The van der Waals surface area contributed by atoms with Crippen LogP contribution in [-0.4, -0.2) is 39.3 Å². The molecule has 0 spiro atoms. The minimum Gasteiger partial charge on any atom is -0.378 e. The Labute approximate surface area is 145 Å². The minimum absolute atomic E-state index is 0.161. The lowest BCUT2D eigenvalue weighted by atomic mass is 10.00. The smallest absolute Gasteiger partial charge is 0.261 e. The van der Waals surface area contributed by atoms with Gasteiger partial charge in [-0.3, -0.25) is 4.79 Å². The molecule has 1 aromatic heterocycles. The third-order valence-electron chi connectivity index (χ3n) is 4.07. The van der Waals surface area contributed by atoms with E-state index in [1.165, 1.54) is 11.3 Å². The first-order valence-electron chi connectivity index (χ1n) is 7.84. The second-order valence-electron chi connectivity index (χ2n) is 5.64. The van der Waals surface area contributed by atoms with Gasteiger partial charge in [0.25, 0.3) is 5.91 Å². The van der Waals surface area contributed by atoms with E-state index in [2.05, 4.69) is 16.3 Å². The van der Waals surface area contributed by atoms with Gasteiger partial charge in [0.05, 0.1) is 18.8 Å². The summed E-state index contributed by atoms with van der Waals surface area (Å²) in [6, 6.07) is 10.2. The molecular weight excluding hydrogens is 322 g/mol. The van der Waals surface area contributed by atoms with Crippen LogP contribution in [0.4, 0.5) is 5.00 Å². The Bertz CT molecular complexity index is 784. The number of rotatable bonds is 3. The van der Waals surface area contributed by atoms with Crippen LogP contribution in [0.1, 0.15) is 20.8 Å². The molecule has 24 heavy (non-hydrogen) atoms. The minimum atomic E-state index is -0.161. The number of amides is 1. The first-order chi connectivity index (χ1) is 11.7. The maximum atomic E-state index is 12.4. The molecule has 1 saturated heterocycles. The zero-order valence-electron chi connectivity index (χ0n) is 13.8. The summed E-state index contributed by atoms with van der Waals surface area (Å²) in [6.45, 7) is 4.75. The number of morpholine rings is 1. The van der Waals surface area contributed by atoms with E-state index in [1.54, 1.807) is 7.05 Å². The second-order valence-corrected chi connectivity index (χ2v) is 6.64. The molecule has 0 aliphatic carbocycles. The number of ether oxygens (including phenoxy) is 1. The van der Waals surface area contributed by atoms with Gasteiger partial charge in [-0.2, -0.15) is 5.26 Å². The number of anilines is 1. The van der Waals surface area contributed by atoms with Gasteiger partial charge in [0.1, 0.15) is 15.9 Å². The van der Waals surface area contributed by atoms with Crippen LogP contribution in [0.25, 0.3) is 11.1 Å². The number of carbonyl (C=O) groups excluding carboxylic acids is 1. The Morgan fingerprint density at radius 2 is 1.96 bits per heavy atom. The summed E-state index contributed by atoms with van der Waals surface area (Å²) in [4.78, 5) is 15.1. The van der Waals surface area contributed by atoms with Crippen LogP contribution in [0, 0.1) is 18.3 Å². The van der Waals surface area contributed by atoms with Crippen molar-refractivity contribution >= 4 is 22.2 Å². The summed E-state index contributed by atoms with van der Waals surface area (Å²) in [6.07, 6.45) is 0. The highest BCUT2D eigenvalue weighted by Gasteiger charge is 2.27. The van der Waals surface area contributed by atoms with Crippen LogP contribution in [0.3, 0.4) is 0 Å². The van der Waals surface area contributed by atoms with Gasteiger partial charge < -0.3 is 15.0 Å². The molecule has 0 atom stereocenters. The molecule has 0 radical (unpaired) electrons. The highest BCUT2D eigenvalue weighted by molar-refractivity contribution is 7.18. The zero-order valence-corrected chi connectivity index (χ0v) is 14.6. The van der Waals surface area contributed by atoms with Crippen LogP contribution in [0.5, 0.6) is 0 Å². The van der Waals surface area contributed by atoms with Gasteiger partial charge >= 0.3 is 0 Å². The number of benzene rings is 1. The van der Waals surface area contributed by atoms with E-state index in [0.717, 1.165) is 34.8 Å². The topological polar surface area (TPSA) is 65.4 Å². The third-order valence-corrected chi connectivity index (χ3v) is 5.32. The lowest BCUT2D eigenvalue weighted by Gasteiger charge is -2.27. The zero-order chi connectivity index (χ0) is 17.1. The van der Waals surface area contributed by atoms with Gasteiger partial charge in [-0.1, -0.05) is 29.8 Å². The summed E-state index contributed by atoms with van der Waals surface area (Å²) in [7, 11) is 1.61. The number of nitriles is 1. The summed E-state index contributed by atoms with van der Waals surface area (Å²) < 4.78 is 5.40. The van der Waals surface area contributed by atoms with E-state index in [9.17, 15) is 10.1 Å². The molecule has 124 valence electrons. The Hall–Kier alpha value is -2.36. The Balaban J connectivity index is 2.17. The number of nitrogens with one attached hydrogen (secondary N) is 1. The Morgan fingerprint density at radius 1 is 1.29 bits per heavy atom. The molecule has 1 aromatic carbocycles. The second kappa shape index (κ2) is 7.04. The van der Waals surface area contributed by atoms with Gasteiger partial charge in [0, 0.05) is 25.7 Å². The molecule has 6 heteroatoms. The predicted octanol–water partition coefficient (Wildman–Crippen LogP) is 2.79. The summed E-state index contributed by atoms with van der Waals surface area (Å²) in [5.41, 5.74) is 3.33. The fourth-order valence-electron chi connectivity index (χ4n) is 2.78. The molecule has 0 unspecified atom stereocenters. The van der Waals surface area contributed by atoms with Crippen LogP contribution in [-0.2, 0) is 4.74 Å². The number of carbonyl (C=O) groups is 1. The standard InChI is InChI=1S/C18H19N3O2S/c1-12-3-5-13(6-4-12)15-14(11-19)18(21-7-9-23-10-8-21)24-16(15)17(22)20-2/h3-6H,7-10H2,1-2H3,(H,20,22). The Kier molecular flexibility index (Phi) is 4.84. The van der Waals surface area contributed by atoms with E-state index < -0.39 is 0 Å². The van der Waals surface area contributed by atoms with Crippen molar-refractivity contribution in [2.75, 3.05) is 38.3 Å². The van der Waals surface area contributed by atoms with Crippen LogP contribution in [0.2, 0.25) is 0 Å². The van der Waals surface area contributed by atoms with Gasteiger partial charge in [-0.25, -0.2) is 0 Å². The summed E-state index contributed by atoms with van der Waals surface area (Å²) in [5.74, 6) is -0.161. The largest absolute Gasteiger partial charge is 0.378 e. The lowest BCUT2D eigenvalue weighted by molar-refractivity contribution is 0.0967. The fraction of sp³-hybridized carbons (Fsp3) is 0.333. The number of hydrogen-bond donors (Lipinski definition) is 1. The van der Waals surface area contributed by atoms with Crippen molar-refractivity contribution in [3.05, 3.63) is 40.3 Å². The maximum absolute atomic E-state index is 12.4. The summed E-state index contributed by atoms with van der Waals surface area (Å²) in [5, 5.41) is 13.3. The molecule has 1 fully saturated rings. The molecular formula is C18H19N3O2S. The lowest BCUT2D eigenvalue weighted by Crippen LogP contribution is -2.36. The van der Waals surface area contributed by atoms with E-state index >= 15 is 0 Å². The van der Waals surface area contributed by atoms with Gasteiger partial charge in [-0.05, 0) is 12.5 Å². The van der Waals surface area contributed by atoms with Crippen molar-refractivity contribution < 1.29 is 9.53 Å². The first-order valence-corrected chi connectivity index (χ1v) is 8.66. The molecule has 0 bridgehead atoms. The number of aryl methyl sites for hydroxylation is 1. The van der Waals surface area contributed by atoms with Crippen molar-refractivity contribution in [2.24, 2.45) is 0 Å². The van der Waals surface area contributed by atoms with Gasteiger partial charge in [0.2, 0.25) is 0 Å². The van der Waals surface area contributed by atoms with Crippen molar-refractivity contribution in [1.82, 2.24) is 5.32 Å². The van der Waals surface area contributed by atoms with E-state index in [0.29, 0.717) is 23.7 Å². The number of thiophene rings is 1. The average molecular weight is 341 g/mol. The first kappa shape index (κ1) is 16.5. The van der Waals surface area contributed by atoms with Crippen LogP contribution in [0.15, 0.2) is 24.3 Å². The van der Waals surface area contributed by atoms with E-state index in [-0.39, 0.29) is 5.91 Å². The van der Waals surface area contributed by atoms with Crippen LogP contribution < -0.4 is 10.2 Å². The van der Waals surface area contributed by atoms with Crippen molar-refractivity contribution in [2.45, 2.75) is 6.92 Å². The monoisotopic (exact) mass is 341 g/mol. The normalized spacial score (nSPS) is 14.3. The average Bonchev–Trinajstić information content (AvgIpc) is 3.02. The molecule has 5 nitrogen and oxygen atoms in total. The molecule has 1 N–H and O–H groups in total. The quantitative estimate of drug-likeness (QED) is 0.932. The number of nitrogens with zero attached hydrogens (tertiary/aromatic N) is 2. The number of hydrogen-bond acceptors (Lipinski definition) is 5. The molecule has 3 rings (SSSR count). The molecule has 1 amide bonds. The highest BCUT2D eigenvalue weighted by atomic mass is 32.1. The van der Waals surface area contributed by atoms with Gasteiger partial charge in [-0.15, -0.1) is 11.3 Å². The third kappa shape index (κ3) is 3.01. The van der Waals surface area contributed by atoms with E-state index in [4.69, 9.17) is 4.74 Å². The van der Waals surface area contributed by atoms with Crippen molar-refractivity contribution in [1.29, 1.82) is 5.26 Å². The summed E-state index contributed by atoms with van der Waals surface area (Å²) >= 11 is 1.38. The highest BCUT2D eigenvalue weighted by Crippen LogP contribution is 2.42. The van der Waals surface area contributed by atoms with Crippen LogP contribution >= 0.6 is 11.3 Å². The molecule has 0 saturated carbocycles. The SMILES string of the molecule is CNC(=O)c1sc(N2CCOCC2)c(C#N)c1-c1ccc(C)cc1. The molecule has 1 aliphatic heterocycles. The predicted molar refractivity (Wildman–Crippen MR) is 95.6 cm³/mol.